The molecular weight excluding hydrogens is 391 g/mol. The molecule has 144 valence electrons. The number of thiophene rings is 1. The average molecular weight is 406 g/mol. The number of nitrogens with one attached hydrogen (secondary N) is 1. The fourth-order valence-corrected chi connectivity index (χ4v) is 3.15. The van der Waals surface area contributed by atoms with Crippen LogP contribution in [0, 0.1) is 17.1 Å². The number of esters is 1. The molecule has 5 nitrogen and oxygen atoms in total. The van der Waals surface area contributed by atoms with Crippen LogP contribution in [0.1, 0.15) is 16.0 Å². The van der Waals surface area contributed by atoms with Gasteiger partial charge >= 0.3 is 5.97 Å². The number of halogens is 1. The van der Waals surface area contributed by atoms with E-state index in [9.17, 15) is 14.0 Å². The van der Waals surface area contributed by atoms with Crippen LogP contribution in [0.25, 0.3) is 11.6 Å². The van der Waals surface area contributed by atoms with Gasteiger partial charge in [0, 0.05) is 10.6 Å². The number of hydrogen-bond donors (Lipinski definition) is 1. The zero-order chi connectivity index (χ0) is 20.6. The molecule has 0 aliphatic carbocycles. The molecule has 0 saturated carbocycles. The minimum atomic E-state index is -0.660. The molecule has 3 aromatic rings. The number of benzene rings is 2. The molecule has 0 saturated heterocycles. The summed E-state index contributed by atoms with van der Waals surface area (Å²) in [5.41, 5.74) is 1.87. The van der Waals surface area contributed by atoms with Crippen molar-refractivity contribution in [1.82, 2.24) is 0 Å². The van der Waals surface area contributed by atoms with E-state index < -0.39 is 18.5 Å². The average Bonchev–Trinajstić information content (AvgIpc) is 3.26. The smallest absolute Gasteiger partial charge is 0.340 e. The van der Waals surface area contributed by atoms with Crippen molar-refractivity contribution < 1.29 is 18.7 Å². The van der Waals surface area contributed by atoms with Crippen LogP contribution >= 0.6 is 11.3 Å². The third-order valence-corrected chi connectivity index (χ3v) is 4.72. The number of rotatable bonds is 6. The number of nitriles is 1. The molecule has 0 unspecified atom stereocenters. The van der Waals surface area contributed by atoms with Gasteiger partial charge < -0.3 is 10.1 Å². The van der Waals surface area contributed by atoms with Crippen LogP contribution in [0.5, 0.6) is 0 Å². The standard InChI is InChI=1S/C22H15FN2O3S/c23-17-7-3-15(4-8-17)12-19(20-2-1-11-29-20)22(27)28-14-21(26)25-18-9-5-16(13-24)6-10-18/h1-12H,14H2,(H,25,26)/b19-12+. The molecule has 1 heterocycles. The zero-order valence-corrected chi connectivity index (χ0v) is 15.9. The van der Waals surface area contributed by atoms with Gasteiger partial charge in [0.15, 0.2) is 6.61 Å². The second-order valence-electron chi connectivity index (χ2n) is 5.90. The molecule has 2 aromatic carbocycles. The summed E-state index contributed by atoms with van der Waals surface area (Å²) in [4.78, 5) is 25.3. The van der Waals surface area contributed by atoms with Gasteiger partial charge in [-0.25, -0.2) is 9.18 Å². The minimum Gasteiger partial charge on any atom is -0.452 e. The van der Waals surface area contributed by atoms with E-state index in [4.69, 9.17) is 10.00 Å². The first-order chi connectivity index (χ1) is 14.0. The van der Waals surface area contributed by atoms with E-state index in [1.807, 2.05) is 11.4 Å². The van der Waals surface area contributed by atoms with Gasteiger partial charge in [0.05, 0.1) is 17.2 Å². The molecule has 7 heteroatoms. The number of carbonyl (C=O) groups excluding carboxylic acids is 2. The maximum absolute atomic E-state index is 13.1. The number of ether oxygens (including phenoxy) is 1. The van der Waals surface area contributed by atoms with E-state index >= 15 is 0 Å². The summed E-state index contributed by atoms with van der Waals surface area (Å²) >= 11 is 1.35. The Labute approximate surface area is 170 Å². The first-order valence-corrected chi connectivity index (χ1v) is 9.41. The molecule has 0 bridgehead atoms. The molecule has 1 N–H and O–H groups in total. The van der Waals surface area contributed by atoms with Crippen molar-refractivity contribution >= 4 is 40.5 Å². The number of nitrogens with zero attached hydrogens (tertiary/aromatic N) is 1. The number of anilines is 1. The Kier molecular flexibility index (Phi) is 6.51. The van der Waals surface area contributed by atoms with Crippen molar-refractivity contribution in [3.63, 3.8) is 0 Å². The van der Waals surface area contributed by atoms with Crippen molar-refractivity contribution in [3.8, 4) is 6.07 Å². The largest absolute Gasteiger partial charge is 0.452 e. The van der Waals surface area contributed by atoms with E-state index in [-0.39, 0.29) is 11.4 Å². The monoisotopic (exact) mass is 406 g/mol. The topological polar surface area (TPSA) is 79.2 Å². The highest BCUT2D eigenvalue weighted by molar-refractivity contribution is 7.11. The number of hydrogen-bond acceptors (Lipinski definition) is 5. The normalized spacial score (nSPS) is 10.8. The Morgan fingerprint density at radius 1 is 1.10 bits per heavy atom. The van der Waals surface area contributed by atoms with Crippen molar-refractivity contribution in [1.29, 1.82) is 5.26 Å². The second kappa shape index (κ2) is 9.44. The Morgan fingerprint density at radius 2 is 1.83 bits per heavy atom. The first-order valence-electron chi connectivity index (χ1n) is 8.53. The van der Waals surface area contributed by atoms with Crippen LogP contribution in [0.4, 0.5) is 10.1 Å². The van der Waals surface area contributed by atoms with Crippen LogP contribution in [0.3, 0.4) is 0 Å². The third-order valence-electron chi connectivity index (χ3n) is 3.82. The SMILES string of the molecule is N#Cc1ccc(NC(=O)COC(=O)/C(=C/c2ccc(F)cc2)c2cccs2)cc1. The van der Waals surface area contributed by atoms with Gasteiger partial charge in [-0.15, -0.1) is 11.3 Å². The van der Waals surface area contributed by atoms with Crippen LogP contribution in [-0.2, 0) is 14.3 Å². The van der Waals surface area contributed by atoms with Gasteiger partial charge in [-0.3, -0.25) is 4.79 Å². The van der Waals surface area contributed by atoms with Crippen LogP contribution in [0.2, 0.25) is 0 Å². The van der Waals surface area contributed by atoms with Crippen molar-refractivity contribution in [3.05, 3.63) is 87.9 Å². The van der Waals surface area contributed by atoms with E-state index in [2.05, 4.69) is 5.32 Å². The third kappa shape index (κ3) is 5.61. The lowest BCUT2D eigenvalue weighted by atomic mass is 10.1. The second-order valence-corrected chi connectivity index (χ2v) is 6.85. The Balaban J connectivity index is 1.67. The lowest BCUT2D eigenvalue weighted by Crippen LogP contribution is -2.21. The van der Waals surface area contributed by atoms with Crippen LogP contribution in [-0.4, -0.2) is 18.5 Å². The van der Waals surface area contributed by atoms with Crippen LogP contribution in [0.15, 0.2) is 66.0 Å². The molecule has 0 spiro atoms. The molecule has 3 rings (SSSR count). The molecule has 1 aromatic heterocycles. The molecule has 1 amide bonds. The highest BCUT2D eigenvalue weighted by atomic mass is 32.1. The summed E-state index contributed by atoms with van der Waals surface area (Å²) in [6.45, 7) is -0.467. The van der Waals surface area contributed by atoms with Crippen LogP contribution < -0.4 is 5.32 Å². The van der Waals surface area contributed by atoms with E-state index in [0.717, 1.165) is 0 Å². The van der Waals surface area contributed by atoms with Gasteiger partial charge in [-0.05, 0) is 59.5 Å². The van der Waals surface area contributed by atoms with E-state index in [1.54, 1.807) is 54.6 Å². The fourth-order valence-electron chi connectivity index (χ4n) is 2.42. The van der Waals surface area contributed by atoms with Gasteiger partial charge in [0.2, 0.25) is 0 Å². The molecule has 0 aliphatic rings. The minimum absolute atomic E-state index is 0.276. The summed E-state index contributed by atoms with van der Waals surface area (Å²) in [6.07, 6.45) is 1.59. The maximum Gasteiger partial charge on any atom is 0.340 e. The predicted molar refractivity (Wildman–Crippen MR) is 109 cm³/mol. The maximum atomic E-state index is 13.1. The van der Waals surface area contributed by atoms with Gasteiger partial charge in [0.1, 0.15) is 5.82 Å². The Hall–Kier alpha value is -3.76. The highest BCUT2D eigenvalue weighted by Gasteiger charge is 2.16. The summed E-state index contributed by atoms with van der Waals surface area (Å²) in [5.74, 6) is -1.54. The molecule has 0 atom stereocenters. The van der Waals surface area contributed by atoms with Gasteiger partial charge in [-0.2, -0.15) is 5.26 Å². The Bertz CT molecular complexity index is 1070. The van der Waals surface area contributed by atoms with E-state index in [1.165, 1.54) is 23.5 Å². The molecule has 29 heavy (non-hydrogen) atoms. The van der Waals surface area contributed by atoms with E-state index in [0.29, 0.717) is 21.7 Å². The predicted octanol–water partition coefficient (Wildman–Crippen LogP) is 4.48. The van der Waals surface area contributed by atoms with Gasteiger partial charge in [0.25, 0.3) is 5.91 Å². The molecule has 0 fully saturated rings. The number of carbonyl (C=O) groups is 2. The summed E-state index contributed by atoms with van der Waals surface area (Å²) < 4.78 is 18.3. The first kappa shape index (κ1) is 20.0. The summed E-state index contributed by atoms with van der Waals surface area (Å²) in [6, 6.07) is 17.6. The van der Waals surface area contributed by atoms with Crippen molar-refractivity contribution in [2.45, 2.75) is 0 Å². The highest BCUT2D eigenvalue weighted by Crippen LogP contribution is 2.24. The van der Waals surface area contributed by atoms with Gasteiger partial charge in [-0.1, -0.05) is 18.2 Å². The van der Waals surface area contributed by atoms with Crippen molar-refractivity contribution in [2.75, 3.05) is 11.9 Å². The Morgan fingerprint density at radius 3 is 2.45 bits per heavy atom. The summed E-state index contributed by atoms with van der Waals surface area (Å²) in [5, 5.41) is 13.2. The molecular formula is C22H15FN2O3S. The van der Waals surface area contributed by atoms with Crippen molar-refractivity contribution in [2.24, 2.45) is 0 Å². The summed E-state index contributed by atoms with van der Waals surface area (Å²) in [7, 11) is 0. The number of amides is 1. The zero-order valence-electron chi connectivity index (χ0n) is 15.1. The molecule has 0 radical (unpaired) electrons. The lowest BCUT2D eigenvalue weighted by Gasteiger charge is -2.08. The fraction of sp³-hybridized carbons (Fsp3) is 0.0455. The quantitative estimate of drug-likeness (QED) is 0.483. The lowest BCUT2D eigenvalue weighted by molar-refractivity contribution is -0.141. The molecule has 0 aliphatic heterocycles.